The van der Waals surface area contributed by atoms with Crippen LogP contribution in [0, 0.1) is 6.92 Å². The molecular weight excluding hydrogens is 346 g/mol. The van der Waals surface area contributed by atoms with E-state index in [1.165, 1.54) is 11.3 Å². The van der Waals surface area contributed by atoms with Crippen LogP contribution in [-0.4, -0.2) is 24.9 Å². The van der Waals surface area contributed by atoms with Gasteiger partial charge in [0.05, 0.1) is 17.4 Å². The minimum absolute atomic E-state index is 0.141. The zero-order chi connectivity index (χ0) is 19.7. The van der Waals surface area contributed by atoms with Crippen molar-refractivity contribution >= 4 is 17.1 Å². The highest BCUT2D eigenvalue weighted by Crippen LogP contribution is 2.37. The van der Waals surface area contributed by atoms with Gasteiger partial charge in [-0.2, -0.15) is 5.10 Å². The van der Waals surface area contributed by atoms with E-state index in [4.69, 9.17) is 5.10 Å². The van der Waals surface area contributed by atoms with Crippen molar-refractivity contribution in [2.24, 2.45) is 5.10 Å². The summed E-state index contributed by atoms with van der Waals surface area (Å²) in [5.41, 5.74) is 6.46. The summed E-state index contributed by atoms with van der Waals surface area (Å²) in [6.45, 7) is 1.92. The summed E-state index contributed by atoms with van der Waals surface area (Å²) in [6, 6.07) is 24.8. The van der Waals surface area contributed by atoms with Gasteiger partial charge >= 0.3 is 0 Å². The Morgan fingerprint density at radius 2 is 1.68 bits per heavy atom. The molecule has 3 aromatic carbocycles. The molecule has 4 heteroatoms. The SMILES string of the molecule is Cc1cc(C2=NN(c3ccccc3)C(c3ccc(N(C)C)cc3)C2)ccc1O. The van der Waals surface area contributed by atoms with Crippen molar-refractivity contribution < 1.29 is 5.11 Å². The molecule has 1 aliphatic rings. The molecule has 0 bridgehead atoms. The van der Waals surface area contributed by atoms with Gasteiger partial charge in [0.1, 0.15) is 5.75 Å². The average Bonchev–Trinajstić information content (AvgIpc) is 3.16. The van der Waals surface area contributed by atoms with Crippen LogP contribution in [0.5, 0.6) is 5.75 Å². The number of hydrogen-bond donors (Lipinski definition) is 1. The molecule has 4 nitrogen and oxygen atoms in total. The van der Waals surface area contributed by atoms with Gasteiger partial charge < -0.3 is 10.0 Å². The first kappa shape index (κ1) is 18.1. The van der Waals surface area contributed by atoms with Crippen LogP contribution in [0.2, 0.25) is 0 Å². The number of aromatic hydroxyl groups is 1. The van der Waals surface area contributed by atoms with Crippen LogP contribution in [0.15, 0.2) is 77.9 Å². The van der Waals surface area contributed by atoms with Gasteiger partial charge in [0.25, 0.3) is 0 Å². The summed E-state index contributed by atoms with van der Waals surface area (Å²) in [5, 5.41) is 16.9. The Kier molecular flexibility index (Phi) is 4.78. The van der Waals surface area contributed by atoms with E-state index in [2.05, 4.69) is 60.4 Å². The number of para-hydroxylation sites is 1. The maximum atomic E-state index is 9.86. The molecule has 1 aliphatic heterocycles. The van der Waals surface area contributed by atoms with Gasteiger partial charge in [-0.1, -0.05) is 30.3 Å². The Morgan fingerprint density at radius 1 is 0.964 bits per heavy atom. The van der Waals surface area contributed by atoms with Gasteiger partial charge in [-0.05, 0) is 66.1 Å². The Labute approximate surface area is 166 Å². The first-order valence-electron chi connectivity index (χ1n) is 9.52. The largest absolute Gasteiger partial charge is 0.508 e. The molecule has 4 rings (SSSR count). The zero-order valence-corrected chi connectivity index (χ0v) is 16.5. The van der Waals surface area contributed by atoms with E-state index >= 15 is 0 Å². The van der Waals surface area contributed by atoms with Gasteiger partial charge in [0.15, 0.2) is 0 Å². The number of rotatable bonds is 4. The molecule has 0 amide bonds. The Hall–Kier alpha value is -3.27. The summed E-state index contributed by atoms with van der Waals surface area (Å²) in [6.07, 6.45) is 0.820. The molecule has 0 fully saturated rings. The molecule has 1 N–H and O–H groups in total. The number of hydrogen-bond acceptors (Lipinski definition) is 4. The second-order valence-corrected chi connectivity index (χ2v) is 7.43. The monoisotopic (exact) mass is 371 g/mol. The van der Waals surface area contributed by atoms with Gasteiger partial charge in [0, 0.05) is 26.2 Å². The molecule has 0 aliphatic carbocycles. The normalized spacial score (nSPS) is 16.2. The molecule has 142 valence electrons. The third-order valence-electron chi connectivity index (χ3n) is 5.26. The molecule has 0 saturated carbocycles. The summed E-state index contributed by atoms with van der Waals surface area (Å²) in [7, 11) is 4.10. The molecule has 3 aromatic rings. The maximum Gasteiger partial charge on any atom is 0.118 e. The fourth-order valence-corrected chi connectivity index (χ4v) is 3.59. The van der Waals surface area contributed by atoms with Gasteiger partial charge in [-0.15, -0.1) is 0 Å². The van der Waals surface area contributed by atoms with Crippen molar-refractivity contribution in [1.29, 1.82) is 0 Å². The smallest absolute Gasteiger partial charge is 0.118 e. The fourth-order valence-electron chi connectivity index (χ4n) is 3.59. The van der Waals surface area contributed by atoms with Crippen LogP contribution < -0.4 is 9.91 Å². The van der Waals surface area contributed by atoms with E-state index < -0.39 is 0 Å². The highest BCUT2D eigenvalue weighted by atomic mass is 16.3. The summed E-state index contributed by atoms with van der Waals surface area (Å²) < 4.78 is 0. The standard InChI is InChI=1S/C24H25N3O/c1-17-15-19(11-14-24(17)28)22-16-23(18-9-12-20(13-10-18)26(2)3)27(25-22)21-7-5-4-6-8-21/h4-15,23,28H,16H2,1-3H3. The van der Waals surface area contributed by atoms with E-state index in [0.717, 1.165) is 28.9 Å². The lowest BCUT2D eigenvalue weighted by molar-refractivity contribution is 0.471. The highest BCUT2D eigenvalue weighted by molar-refractivity contribution is 6.03. The lowest BCUT2D eigenvalue weighted by Gasteiger charge is -2.24. The third kappa shape index (κ3) is 3.46. The minimum Gasteiger partial charge on any atom is -0.508 e. The van der Waals surface area contributed by atoms with Crippen LogP contribution in [0.4, 0.5) is 11.4 Å². The van der Waals surface area contributed by atoms with Crippen LogP contribution >= 0.6 is 0 Å². The van der Waals surface area contributed by atoms with Crippen molar-refractivity contribution in [2.45, 2.75) is 19.4 Å². The second-order valence-electron chi connectivity index (χ2n) is 7.43. The van der Waals surface area contributed by atoms with Gasteiger partial charge in [-0.3, -0.25) is 5.01 Å². The maximum absolute atomic E-state index is 9.86. The van der Waals surface area contributed by atoms with Crippen molar-refractivity contribution in [3.8, 4) is 5.75 Å². The van der Waals surface area contributed by atoms with Crippen molar-refractivity contribution in [3.63, 3.8) is 0 Å². The van der Waals surface area contributed by atoms with Crippen molar-refractivity contribution in [3.05, 3.63) is 89.5 Å². The molecule has 0 aromatic heterocycles. The number of phenolic OH excluding ortho intramolecular Hbond substituents is 1. The van der Waals surface area contributed by atoms with Crippen molar-refractivity contribution in [2.75, 3.05) is 24.0 Å². The number of anilines is 2. The van der Waals surface area contributed by atoms with Crippen LogP contribution in [-0.2, 0) is 0 Å². The molecule has 0 saturated heterocycles. The molecule has 1 heterocycles. The zero-order valence-electron chi connectivity index (χ0n) is 16.5. The third-order valence-corrected chi connectivity index (χ3v) is 5.26. The van der Waals surface area contributed by atoms with E-state index in [1.807, 2.05) is 37.3 Å². The van der Waals surface area contributed by atoms with E-state index in [1.54, 1.807) is 6.07 Å². The van der Waals surface area contributed by atoms with E-state index in [9.17, 15) is 5.11 Å². The lowest BCUT2D eigenvalue weighted by Crippen LogP contribution is -2.18. The number of hydrazone groups is 1. The Balaban J connectivity index is 1.72. The quantitative estimate of drug-likeness (QED) is 0.692. The molecule has 0 radical (unpaired) electrons. The predicted octanol–water partition coefficient (Wildman–Crippen LogP) is 5.12. The first-order chi connectivity index (χ1) is 13.5. The number of nitrogens with zero attached hydrogens (tertiary/aromatic N) is 3. The Morgan fingerprint density at radius 3 is 2.32 bits per heavy atom. The number of phenols is 1. The number of aryl methyl sites for hydroxylation is 1. The number of benzene rings is 3. The van der Waals surface area contributed by atoms with Gasteiger partial charge in [0.2, 0.25) is 0 Å². The highest BCUT2D eigenvalue weighted by Gasteiger charge is 2.30. The van der Waals surface area contributed by atoms with Crippen LogP contribution in [0.25, 0.3) is 0 Å². The second kappa shape index (κ2) is 7.39. The van der Waals surface area contributed by atoms with Gasteiger partial charge in [-0.25, -0.2) is 0 Å². The topological polar surface area (TPSA) is 39.1 Å². The van der Waals surface area contributed by atoms with Crippen molar-refractivity contribution in [1.82, 2.24) is 0 Å². The first-order valence-corrected chi connectivity index (χ1v) is 9.52. The molecular formula is C24H25N3O. The van der Waals surface area contributed by atoms with Crippen LogP contribution in [0.1, 0.15) is 29.2 Å². The van der Waals surface area contributed by atoms with Crippen LogP contribution in [0.3, 0.4) is 0 Å². The molecule has 1 atom stereocenters. The van der Waals surface area contributed by atoms with E-state index in [0.29, 0.717) is 5.75 Å². The lowest BCUT2D eigenvalue weighted by atomic mass is 9.97. The molecule has 1 unspecified atom stereocenters. The fraction of sp³-hybridized carbons (Fsp3) is 0.208. The molecule has 0 spiro atoms. The average molecular weight is 371 g/mol. The summed E-state index contributed by atoms with van der Waals surface area (Å²) in [5.74, 6) is 0.318. The Bertz CT molecular complexity index is 994. The minimum atomic E-state index is 0.141. The van der Waals surface area contributed by atoms with E-state index in [-0.39, 0.29) is 6.04 Å². The summed E-state index contributed by atoms with van der Waals surface area (Å²) >= 11 is 0. The predicted molar refractivity (Wildman–Crippen MR) is 116 cm³/mol. The summed E-state index contributed by atoms with van der Waals surface area (Å²) in [4.78, 5) is 2.11. The molecule has 28 heavy (non-hydrogen) atoms.